The van der Waals surface area contributed by atoms with Crippen molar-refractivity contribution in [1.82, 2.24) is 5.06 Å². The van der Waals surface area contributed by atoms with Crippen molar-refractivity contribution >= 4 is 0 Å². The van der Waals surface area contributed by atoms with Crippen LogP contribution in [0.2, 0.25) is 0 Å². The van der Waals surface area contributed by atoms with Crippen LogP contribution in [0.4, 0.5) is 13.2 Å². The molecule has 114 valence electrons. The summed E-state index contributed by atoms with van der Waals surface area (Å²) in [5.74, 6) is 2.93. The van der Waals surface area contributed by atoms with E-state index in [0.29, 0.717) is 24.2 Å². The topological polar surface area (TPSA) is 12.5 Å². The van der Waals surface area contributed by atoms with Crippen LogP contribution in [-0.4, -0.2) is 18.2 Å². The quantitative estimate of drug-likeness (QED) is 0.777. The Morgan fingerprint density at radius 1 is 1.19 bits per heavy atom. The summed E-state index contributed by atoms with van der Waals surface area (Å²) in [5.41, 5.74) is -0.158. The Hall–Kier alpha value is -1.67. The van der Waals surface area contributed by atoms with Crippen molar-refractivity contribution in [1.29, 1.82) is 0 Å². The van der Waals surface area contributed by atoms with Gasteiger partial charge in [-0.2, -0.15) is 13.2 Å². The van der Waals surface area contributed by atoms with Crippen LogP contribution < -0.4 is 4.84 Å². The molecule has 1 fully saturated rings. The van der Waals surface area contributed by atoms with Gasteiger partial charge in [0.2, 0.25) is 0 Å². The number of aryl methyl sites for hydroxylation is 1. The molecule has 0 bridgehead atoms. The number of hydroxylamine groups is 2. The lowest BCUT2D eigenvalue weighted by atomic mass is 10.0. The molecule has 0 saturated carbocycles. The van der Waals surface area contributed by atoms with Gasteiger partial charge in [0.25, 0.3) is 0 Å². The van der Waals surface area contributed by atoms with E-state index >= 15 is 0 Å². The van der Waals surface area contributed by atoms with Gasteiger partial charge in [-0.05, 0) is 43.0 Å². The maximum atomic E-state index is 12.8. The van der Waals surface area contributed by atoms with E-state index < -0.39 is 11.7 Å². The fourth-order valence-corrected chi connectivity index (χ4v) is 2.34. The lowest BCUT2D eigenvalue weighted by Crippen LogP contribution is -2.33. The van der Waals surface area contributed by atoms with Gasteiger partial charge in [0.05, 0.1) is 5.56 Å². The molecule has 1 saturated heterocycles. The van der Waals surface area contributed by atoms with Crippen LogP contribution in [0.3, 0.4) is 0 Å². The summed E-state index contributed by atoms with van der Waals surface area (Å²) < 4.78 is 38.4. The zero-order valence-electron chi connectivity index (χ0n) is 11.7. The number of rotatable bonds is 4. The molecule has 0 unspecified atom stereocenters. The van der Waals surface area contributed by atoms with Gasteiger partial charge in [-0.3, -0.25) is 0 Å². The van der Waals surface area contributed by atoms with E-state index in [1.54, 1.807) is 0 Å². The molecule has 1 aliphatic heterocycles. The van der Waals surface area contributed by atoms with Crippen molar-refractivity contribution in [2.45, 2.75) is 38.3 Å². The molecule has 0 aliphatic carbocycles. The first-order chi connectivity index (χ1) is 10.0. The highest BCUT2D eigenvalue weighted by Crippen LogP contribution is 2.33. The summed E-state index contributed by atoms with van der Waals surface area (Å²) >= 11 is 0. The number of alkyl halides is 3. The van der Waals surface area contributed by atoms with E-state index in [0.717, 1.165) is 44.5 Å². The third-order valence-corrected chi connectivity index (χ3v) is 3.47. The van der Waals surface area contributed by atoms with Crippen LogP contribution in [0, 0.1) is 12.3 Å². The van der Waals surface area contributed by atoms with Gasteiger partial charge in [0.15, 0.2) is 5.75 Å². The standard InChI is InChI=1S/C16H18F3NO/c1-2-3-7-13-12-14(16(17,18)19)8-9-15(13)21-20-10-5-4-6-11-20/h1,8-9,12H,3-7,10-11H2. The van der Waals surface area contributed by atoms with Gasteiger partial charge in [-0.15, -0.1) is 17.4 Å². The molecule has 0 N–H and O–H groups in total. The Morgan fingerprint density at radius 3 is 2.52 bits per heavy atom. The highest BCUT2D eigenvalue weighted by Gasteiger charge is 2.31. The molecule has 0 atom stereocenters. The maximum absolute atomic E-state index is 12.8. The number of benzene rings is 1. The second-order valence-corrected chi connectivity index (χ2v) is 5.11. The third kappa shape index (κ3) is 4.40. The molecule has 2 nitrogen and oxygen atoms in total. The Labute approximate surface area is 122 Å². The first-order valence-corrected chi connectivity index (χ1v) is 7.07. The van der Waals surface area contributed by atoms with Crippen molar-refractivity contribution < 1.29 is 18.0 Å². The van der Waals surface area contributed by atoms with Gasteiger partial charge in [-0.25, -0.2) is 0 Å². The lowest BCUT2D eigenvalue weighted by molar-refractivity contribution is -0.137. The summed E-state index contributed by atoms with van der Waals surface area (Å²) in [6, 6.07) is 3.58. The summed E-state index contributed by atoms with van der Waals surface area (Å²) in [6.07, 6.45) is 4.87. The number of nitrogens with zero attached hydrogens (tertiary/aromatic N) is 1. The molecule has 0 spiro atoms. The second-order valence-electron chi connectivity index (χ2n) is 5.11. The van der Waals surface area contributed by atoms with E-state index in [1.165, 1.54) is 6.07 Å². The second kappa shape index (κ2) is 6.86. The van der Waals surface area contributed by atoms with Crippen molar-refractivity contribution in [2.75, 3.05) is 13.1 Å². The van der Waals surface area contributed by atoms with E-state index in [2.05, 4.69) is 5.92 Å². The fraction of sp³-hybridized carbons (Fsp3) is 0.500. The molecule has 5 heteroatoms. The molecular formula is C16H18F3NO. The van der Waals surface area contributed by atoms with Crippen molar-refractivity contribution in [3.05, 3.63) is 29.3 Å². The highest BCUT2D eigenvalue weighted by atomic mass is 19.4. The van der Waals surface area contributed by atoms with E-state index in [4.69, 9.17) is 11.3 Å². The third-order valence-electron chi connectivity index (χ3n) is 3.47. The lowest BCUT2D eigenvalue weighted by Gasteiger charge is -2.27. The van der Waals surface area contributed by atoms with Crippen LogP contribution in [0.5, 0.6) is 5.75 Å². The van der Waals surface area contributed by atoms with Crippen LogP contribution >= 0.6 is 0 Å². The zero-order valence-corrected chi connectivity index (χ0v) is 11.7. The molecule has 1 aromatic rings. The molecule has 1 aliphatic rings. The molecule has 1 heterocycles. The number of halogens is 3. The number of piperidine rings is 1. The summed E-state index contributed by atoms with van der Waals surface area (Å²) in [4.78, 5) is 5.75. The maximum Gasteiger partial charge on any atom is 0.416 e. The molecule has 0 aromatic heterocycles. The molecule has 1 aromatic carbocycles. The average Bonchev–Trinajstić information content (AvgIpc) is 2.46. The van der Waals surface area contributed by atoms with Gasteiger partial charge in [0.1, 0.15) is 0 Å². The van der Waals surface area contributed by atoms with E-state index in [1.807, 2.05) is 5.06 Å². The van der Waals surface area contributed by atoms with Gasteiger partial charge in [0, 0.05) is 19.5 Å². The van der Waals surface area contributed by atoms with Gasteiger partial charge < -0.3 is 4.84 Å². The van der Waals surface area contributed by atoms with Crippen LogP contribution in [0.1, 0.15) is 36.8 Å². The summed E-state index contributed by atoms with van der Waals surface area (Å²) in [7, 11) is 0. The summed E-state index contributed by atoms with van der Waals surface area (Å²) in [5, 5.41) is 1.81. The van der Waals surface area contributed by atoms with Crippen molar-refractivity contribution in [3.63, 3.8) is 0 Å². The highest BCUT2D eigenvalue weighted by molar-refractivity contribution is 5.38. The minimum Gasteiger partial charge on any atom is -0.406 e. The predicted octanol–water partition coefficient (Wildman–Crippen LogP) is 4.05. The fourth-order valence-electron chi connectivity index (χ4n) is 2.34. The van der Waals surface area contributed by atoms with E-state index in [9.17, 15) is 13.2 Å². The molecular weight excluding hydrogens is 279 g/mol. The number of hydrogen-bond donors (Lipinski definition) is 0. The van der Waals surface area contributed by atoms with Crippen LogP contribution in [0.15, 0.2) is 18.2 Å². The molecule has 0 radical (unpaired) electrons. The predicted molar refractivity (Wildman–Crippen MR) is 74.7 cm³/mol. The van der Waals surface area contributed by atoms with Gasteiger partial charge >= 0.3 is 6.18 Å². The monoisotopic (exact) mass is 297 g/mol. The Bertz CT molecular complexity index is 513. The van der Waals surface area contributed by atoms with Crippen LogP contribution in [-0.2, 0) is 12.6 Å². The average molecular weight is 297 g/mol. The molecule has 2 rings (SSSR count). The first kappa shape index (κ1) is 15.7. The minimum absolute atomic E-state index is 0.379. The zero-order chi connectivity index (χ0) is 15.3. The Balaban J connectivity index is 2.20. The molecule has 21 heavy (non-hydrogen) atoms. The minimum atomic E-state index is -4.35. The van der Waals surface area contributed by atoms with E-state index in [-0.39, 0.29) is 0 Å². The Morgan fingerprint density at radius 2 is 1.90 bits per heavy atom. The smallest absolute Gasteiger partial charge is 0.406 e. The van der Waals surface area contributed by atoms with Gasteiger partial charge in [-0.1, -0.05) is 6.42 Å². The number of hydrogen-bond acceptors (Lipinski definition) is 2. The summed E-state index contributed by atoms with van der Waals surface area (Å²) in [6.45, 7) is 1.60. The van der Waals surface area contributed by atoms with Crippen molar-refractivity contribution in [3.8, 4) is 18.1 Å². The largest absolute Gasteiger partial charge is 0.416 e. The van der Waals surface area contributed by atoms with Crippen molar-refractivity contribution in [2.24, 2.45) is 0 Å². The first-order valence-electron chi connectivity index (χ1n) is 7.07. The number of terminal acetylenes is 1. The SMILES string of the molecule is C#CCCc1cc(C(F)(F)F)ccc1ON1CCCCC1. The normalized spacial score (nSPS) is 16.5. The van der Waals surface area contributed by atoms with Crippen LogP contribution in [0.25, 0.3) is 0 Å². The molecule has 0 amide bonds. The Kier molecular flexibility index (Phi) is 5.13.